The van der Waals surface area contributed by atoms with Gasteiger partial charge in [0.05, 0.1) is 10.0 Å². The Balaban J connectivity index is 3.19. The van der Waals surface area contributed by atoms with E-state index in [4.69, 9.17) is 0 Å². The van der Waals surface area contributed by atoms with Crippen LogP contribution < -0.4 is 4.74 Å². The highest BCUT2D eigenvalue weighted by atomic mass is 79.9. The van der Waals surface area contributed by atoms with E-state index in [9.17, 15) is 18.0 Å². The van der Waals surface area contributed by atoms with Gasteiger partial charge in [-0.3, -0.25) is 4.79 Å². The summed E-state index contributed by atoms with van der Waals surface area (Å²) in [5.41, 5.74) is -0.110. The summed E-state index contributed by atoms with van der Waals surface area (Å²) in [5, 5.41) is 0. The van der Waals surface area contributed by atoms with Gasteiger partial charge in [0.25, 0.3) is 0 Å². The van der Waals surface area contributed by atoms with Crippen LogP contribution in [0, 0.1) is 0 Å². The van der Waals surface area contributed by atoms with Crippen LogP contribution in [-0.2, 0) is 0 Å². The number of hydrogen-bond donors (Lipinski definition) is 0. The predicted molar refractivity (Wildman–Crippen MR) is 50.8 cm³/mol. The SMILES string of the molecule is CC(=O)c1cccc(Br)c1OC(F)(F)F. The first-order valence-corrected chi connectivity index (χ1v) is 4.66. The summed E-state index contributed by atoms with van der Waals surface area (Å²) >= 11 is 2.89. The number of hydrogen-bond acceptors (Lipinski definition) is 2. The maximum atomic E-state index is 12.0. The standard InChI is InChI=1S/C9H6BrF3O2/c1-5(14)6-3-2-4-7(10)8(6)15-9(11,12)13/h2-4H,1H3. The number of carbonyl (C=O) groups is 1. The number of Topliss-reactive ketones (excluding diaryl/α,β-unsaturated/α-hetero) is 1. The molecule has 1 aromatic carbocycles. The first kappa shape index (κ1) is 12.0. The van der Waals surface area contributed by atoms with Crippen molar-refractivity contribution in [3.05, 3.63) is 28.2 Å². The molecule has 2 nitrogen and oxygen atoms in total. The van der Waals surface area contributed by atoms with Crippen molar-refractivity contribution < 1.29 is 22.7 Å². The fraction of sp³-hybridized carbons (Fsp3) is 0.222. The van der Waals surface area contributed by atoms with E-state index >= 15 is 0 Å². The Morgan fingerprint density at radius 1 is 1.40 bits per heavy atom. The molecule has 0 fully saturated rings. The Morgan fingerprint density at radius 2 is 2.00 bits per heavy atom. The summed E-state index contributed by atoms with van der Waals surface area (Å²) in [6.07, 6.45) is -4.81. The maximum Gasteiger partial charge on any atom is 0.573 e. The van der Waals surface area contributed by atoms with Gasteiger partial charge in [-0.25, -0.2) is 0 Å². The third-order valence-electron chi connectivity index (χ3n) is 1.56. The number of ketones is 1. The fourth-order valence-corrected chi connectivity index (χ4v) is 1.45. The smallest absolute Gasteiger partial charge is 0.404 e. The minimum Gasteiger partial charge on any atom is -0.404 e. The Bertz CT molecular complexity index is 387. The van der Waals surface area contributed by atoms with Gasteiger partial charge in [0.15, 0.2) is 11.5 Å². The number of ether oxygens (including phenoxy) is 1. The first-order chi connectivity index (χ1) is 6.81. The molecule has 0 heterocycles. The Morgan fingerprint density at radius 3 is 2.47 bits per heavy atom. The molecule has 0 unspecified atom stereocenters. The lowest BCUT2D eigenvalue weighted by molar-refractivity contribution is -0.275. The van der Waals surface area contributed by atoms with E-state index in [1.807, 2.05) is 0 Å². The molecule has 82 valence electrons. The quantitative estimate of drug-likeness (QED) is 0.776. The van der Waals surface area contributed by atoms with Crippen LogP contribution in [0.3, 0.4) is 0 Å². The maximum absolute atomic E-state index is 12.0. The molecule has 0 aliphatic heterocycles. The molecular formula is C9H6BrF3O2. The van der Waals surface area contributed by atoms with Gasteiger partial charge in [0.1, 0.15) is 0 Å². The van der Waals surface area contributed by atoms with Crippen LogP contribution in [0.2, 0.25) is 0 Å². The third-order valence-corrected chi connectivity index (χ3v) is 2.19. The van der Waals surface area contributed by atoms with Crippen LogP contribution in [-0.4, -0.2) is 12.1 Å². The second-order valence-electron chi connectivity index (χ2n) is 2.72. The molecule has 0 aromatic heterocycles. The highest BCUT2D eigenvalue weighted by molar-refractivity contribution is 9.10. The number of benzene rings is 1. The van der Waals surface area contributed by atoms with E-state index in [0.29, 0.717) is 0 Å². The van der Waals surface area contributed by atoms with Crippen molar-refractivity contribution in [1.29, 1.82) is 0 Å². The van der Waals surface area contributed by atoms with E-state index < -0.39 is 17.9 Å². The van der Waals surface area contributed by atoms with Gasteiger partial charge in [0.2, 0.25) is 0 Å². The van der Waals surface area contributed by atoms with Crippen LogP contribution >= 0.6 is 15.9 Å². The van der Waals surface area contributed by atoms with Crippen LogP contribution in [0.25, 0.3) is 0 Å². The van der Waals surface area contributed by atoms with E-state index in [1.54, 1.807) is 0 Å². The first-order valence-electron chi connectivity index (χ1n) is 3.86. The lowest BCUT2D eigenvalue weighted by atomic mass is 10.1. The zero-order valence-electron chi connectivity index (χ0n) is 7.56. The Kier molecular flexibility index (Phi) is 3.38. The molecule has 0 aliphatic carbocycles. The van der Waals surface area contributed by atoms with Crippen LogP contribution in [0.1, 0.15) is 17.3 Å². The van der Waals surface area contributed by atoms with Gasteiger partial charge in [0, 0.05) is 0 Å². The molecule has 0 atom stereocenters. The molecule has 0 amide bonds. The van der Waals surface area contributed by atoms with E-state index in [1.165, 1.54) is 25.1 Å². The van der Waals surface area contributed by atoms with Gasteiger partial charge in [-0.05, 0) is 35.0 Å². The minimum atomic E-state index is -4.81. The van der Waals surface area contributed by atoms with E-state index in [0.717, 1.165) is 0 Å². The number of alkyl halides is 3. The Labute approximate surface area is 92.2 Å². The largest absolute Gasteiger partial charge is 0.573 e. The third kappa shape index (κ3) is 3.23. The lowest BCUT2D eigenvalue weighted by Gasteiger charge is -2.13. The molecule has 0 aliphatic rings. The van der Waals surface area contributed by atoms with Crippen molar-refractivity contribution in [2.75, 3.05) is 0 Å². The summed E-state index contributed by atoms with van der Waals surface area (Å²) in [5.74, 6) is -0.993. The Hall–Kier alpha value is -1.04. The second kappa shape index (κ2) is 4.22. The van der Waals surface area contributed by atoms with E-state index in [-0.39, 0.29) is 10.0 Å². The van der Waals surface area contributed by atoms with Gasteiger partial charge in [-0.15, -0.1) is 13.2 Å². The predicted octanol–water partition coefficient (Wildman–Crippen LogP) is 3.55. The van der Waals surface area contributed by atoms with Crippen molar-refractivity contribution in [1.82, 2.24) is 0 Å². The molecule has 0 saturated carbocycles. The molecule has 0 radical (unpaired) electrons. The summed E-state index contributed by atoms with van der Waals surface area (Å²) < 4.78 is 39.9. The van der Waals surface area contributed by atoms with Crippen molar-refractivity contribution >= 4 is 21.7 Å². The molecule has 0 N–H and O–H groups in total. The molecule has 0 bridgehead atoms. The number of para-hydroxylation sites is 1. The van der Waals surface area contributed by atoms with Crippen molar-refractivity contribution in [3.63, 3.8) is 0 Å². The highest BCUT2D eigenvalue weighted by Crippen LogP contribution is 2.33. The van der Waals surface area contributed by atoms with Crippen LogP contribution in [0.5, 0.6) is 5.75 Å². The summed E-state index contributed by atoms with van der Waals surface area (Å²) in [7, 11) is 0. The molecule has 0 spiro atoms. The molecule has 0 saturated heterocycles. The van der Waals surface area contributed by atoms with Crippen LogP contribution in [0.4, 0.5) is 13.2 Å². The molecule has 6 heteroatoms. The number of rotatable bonds is 2. The van der Waals surface area contributed by atoms with Gasteiger partial charge < -0.3 is 4.74 Å². The normalized spacial score (nSPS) is 11.3. The average Bonchev–Trinajstić information content (AvgIpc) is 2.05. The van der Waals surface area contributed by atoms with Crippen molar-refractivity contribution in [3.8, 4) is 5.75 Å². The van der Waals surface area contributed by atoms with Gasteiger partial charge in [-0.2, -0.15) is 0 Å². The summed E-state index contributed by atoms with van der Waals surface area (Å²) in [4.78, 5) is 11.0. The topological polar surface area (TPSA) is 26.3 Å². The minimum absolute atomic E-state index is 0.0903. The molecule has 15 heavy (non-hydrogen) atoms. The highest BCUT2D eigenvalue weighted by Gasteiger charge is 2.33. The molecule has 1 aromatic rings. The van der Waals surface area contributed by atoms with E-state index in [2.05, 4.69) is 20.7 Å². The summed E-state index contributed by atoms with van der Waals surface area (Å²) in [6, 6.07) is 4.10. The number of halogens is 4. The zero-order chi connectivity index (χ0) is 11.6. The molecule has 1 rings (SSSR count). The van der Waals surface area contributed by atoms with Crippen LogP contribution in [0.15, 0.2) is 22.7 Å². The lowest BCUT2D eigenvalue weighted by Crippen LogP contribution is -2.19. The number of carbonyl (C=O) groups excluding carboxylic acids is 1. The molecular weight excluding hydrogens is 277 g/mol. The fourth-order valence-electron chi connectivity index (χ4n) is 1.01. The van der Waals surface area contributed by atoms with Gasteiger partial charge in [-0.1, -0.05) is 6.07 Å². The van der Waals surface area contributed by atoms with Crippen molar-refractivity contribution in [2.45, 2.75) is 13.3 Å². The van der Waals surface area contributed by atoms with Gasteiger partial charge >= 0.3 is 6.36 Å². The van der Waals surface area contributed by atoms with Crippen molar-refractivity contribution in [2.24, 2.45) is 0 Å². The second-order valence-corrected chi connectivity index (χ2v) is 3.57. The summed E-state index contributed by atoms with van der Waals surface area (Å²) in [6.45, 7) is 1.17. The average molecular weight is 283 g/mol. The monoisotopic (exact) mass is 282 g/mol. The zero-order valence-corrected chi connectivity index (χ0v) is 9.15.